The third-order valence-electron chi connectivity index (χ3n) is 5.65. The number of aromatic nitrogens is 2. The molecule has 3 N–H and O–H groups in total. The lowest BCUT2D eigenvalue weighted by atomic mass is 9.92. The number of carbonyl (C=O) groups excluding carboxylic acids is 2. The Balaban J connectivity index is 1.65. The van der Waals surface area contributed by atoms with Gasteiger partial charge in [0.1, 0.15) is 5.82 Å². The predicted octanol–water partition coefficient (Wildman–Crippen LogP) is 2.52. The lowest BCUT2D eigenvalue weighted by molar-refractivity contribution is -0.123. The Hall–Kier alpha value is -3.16. The van der Waals surface area contributed by atoms with Gasteiger partial charge in [-0.1, -0.05) is 17.7 Å². The molecular formula is C21H25N5O3. The first kappa shape index (κ1) is 19.2. The monoisotopic (exact) mass is 395 g/mol. The number of hydrogen-bond acceptors (Lipinski definition) is 5. The minimum Gasteiger partial charge on any atom is -0.340 e. The van der Waals surface area contributed by atoms with Gasteiger partial charge in [0.15, 0.2) is 0 Å². The Labute approximate surface area is 168 Å². The summed E-state index contributed by atoms with van der Waals surface area (Å²) in [4.78, 5) is 47.4. The number of aryl methyl sites for hydroxylation is 1. The van der Waals surface area contributed by atoms with Crippen molar-refractivity contribution in [2.75, 3.05) is 22.1 Å². The number of carbonyl (C=O) groups is 2. The van der Waals surface area contributed by atoms with Crippen molar-refractivity contribution in [2.24, 2.45) is 0 Å². The summed E-state index contributed by atoms with van der Waals surface area (Å²) >= 11 is 0. The summed E-state index contributed by atoms with van der Waals surface area (Å²) in [6.07, 6.45) is 3.10. The molecule has 29 heavy (non-hydrogen) atoms. The zero-order valence-corrected chi connectivity index (χ0v) is 16.6. The first-order valence-electron chi connectivity index (χ1n) is 10.0. The van der Waals surface area contributed by atoms with Crippen LogP contribution in [-0.2, 0) is 9.59 Å². The molecule has 8 heteroatoms. The maximum atomic E-state index is 12.9. The number of anilines is 3. The second kappa shape index (κ2) is 7.69. The largest absolute Gasteiger partial charge is 0.340 e. The van der Waals surface area contributed by atoms with E-state index >= 15 is 0 Å². The molecular weight excluding hydrogens is 370 g/mol. The average molecular weight is 395 g/mol. The lowest BCUT2D eigenvalue weighted by Crippen LogP contribution is -2.41. The van der Waals surface area contributed by atoms with Crippen molar-refractivity contribution in [3.8, 4) is 0 Å². The number of rotatable bonds is 3. The number of nitrogens with zero attached hydrogens (tertiary/aromatic N) is 2. The van der Waals surface area contributed by atoms with Gasteiger partial charge in [0.2, 0.25) is 17.8 Å². The van der Waals surface area contributed by atoms with Gasteiger partial charge < -0.3 is 15.5 Å². The van der Waals surface area contributed by atoms with Crippen molar-refractivity contribution >= 4 is 29.3 Å². The van der Waals surface area contributed by atoms with Gasteiger partial charge in [-0.05, 0) is 45.2 Å². The van der Waals surface area contributed by atoms with E-state index in [4.69, 9.17) is 0 Å². The highest BCUT2D eigenvalue weighted by atomic mass is 16.2. The summed E-state index contributed by atoms with van der Waals surface area (Å²) in [6, 6.07) is 7.61. The molecule has 8 nitrogen and oxygen atoms in total. The number of fused-ring (bicyclic) bond motifs is 1. The third-order valence-corrected chi connectivity index (χ3v) is 5.65. The van der Waals surface area contributed by atoms with Crippen LogP contribution in [0.15, 0.2) is 29.1 Å². The summed E-state index contributed by atoms with van der Waals surface area (Å²) in [5, 5.41) is 5.48. The zero-order valence-electron chi connectivity index (χ0n) is 16.6. The van der Waals surface area contributed by atoms with E-state index < -0.39 is 11.8 Å². The van der Waals surface area contributed by atoms with Gasteiger partial charge in [0.25, 0.3) is 5.56 Å². The molecule has 0 spiro atoms. The highest BCUT2D eigenvalue weighted by Crippen LogP contribution is 2.31. The van der Waals surface area contributed by atoms with Gasteiger partial charge in [0, 0.05) is 24.7 Å². The van der Waals surface area contributed by atoms with Crippen molar-refractivity contribution in [2.45, 2.75) is 51.5 Å². The van der Waals surface area contributed by atoms with Crippen LogP contribution in [0.5, 0.6) is 0 Å². The van der Waals surface area contributed by atoms with Crippen molar-refractivity contribution in [3.05, 3.63) is 45.7 Å². The van der Waals surface area contributed by atoms with E-state index in [9.17, 15) is 14.4 Å². The molecule has 2 aromatic rings. The second-order valence-corrected chi connectivity index (χ2v) is 7.85. The van der Waals surface area contributed by atoms with Crippen LogP contribution in [-0.4, -0.2) is 34.4 Å². The maximum Gasteiger partial charge on any atom is 0.258 e. The molecule has 2 atom stereocenters. The van der Waals surface area contributed by atoms with E-state index in [1.165, 1.54) is 0 Å². The molecule has 0 aliphatic carbocycles. The third kappa shape index (κ3) is 3.87. The normalized spacial score (nSPS) is 21.3. The minimum absolute atomic E-state index is 0.0884. The van der Waals surface area contributed by atoms with Gasteiger partial charge in [-0.15, -0.1) is 0 Å². The molecule has 0 saturated carbocycles. The van der Waals surface area contributed by atoms with Gasteiger partial charge in [-0.25, -0.2) is 0 Å². The van der Waals surface area contributed by atoms with Crippen LogP contribution >= 0.6 is 0 Å². The number of piperidine rings is 1. The van der Waals surface area contributed by atoms with Gasteiger partial charge in [0.05, 0.1) is 11.5 Å². The van der Waals surface area contributed by atoms with Crippen LogP contribution in [0.25, 0.3) is 0 Å². The molecule has 1 aromatic carbocycles. The number of benzene rings is 1. The minimum atomic E-state index is -0.885. The van der Waals surface area contributed by atoms with Crippen LogP contribution in [0.2, 0.25) is 0 Å². The van der Waals surface area contributed by atoms with E-state index in [1.54, 1.807) is 12.1 Å². The highest BCUT2D eigenvalue weighted by molar-refractivity contribution is 6.04. The summed E-state index contributed by atoms with van der Waals surface area (Å²) in [5.41, 5.74) is 1.52. The van der Waals surface area contributed by atoms with E-state index in [0.717, 1.165) is 31.4 Å². The molecule has 2 aliphatic heterocycles. The summed E-state index contributed by atoms with van der Waals surface area (Å²) in [5.74, 6) is -0.972. The Bertz CT molecular complexity index is 998. The Morgan fingerprint density at radius 2 is 1.97 bits per heavy atom. The molecule has 1 saturated heterocycles. The van der Waals surface area contributed by atoms with Gasteiger partial charge >= 0.3 is 0 Å². The van der Waals surface area contributed by atoms with Crippen LogP contribution in [0.1, 0.15) is 49.7 Å². The molecule has 1 fully saturated rings. The molecule has 3 heterocycles. The van der Waals surface area contributed by atoms with E-state index in [0.29, 0.717) is 11.6 Å². The average Bonchev–Trinajstić information content (AvgIpc) is 2.69. The second-order valence-electron chi connectivity index (χ2n) is 7.85. The number of aromatic amines is 1. The number of amides is 2. The van der Waals surface area contributed by atoms with Gasteiger partial charge in [-0.2, -0.15) is 4.98 Å². The molecule has 0 radical (unpaired) electrons. The van der Waals surface area contributed by atoms with Crippen molar-refractivity contribution in [1.29, 1.82) is 0 Å². The first-order valence-corrected chi connectivity index (χ1v) is 10.0. The molecule has 1 aromatic heterocycles. The van der Waals surface area contributed by atoms with Crippen LogP contribution in [0.3, 0.4) is 0 Å². The standard InChI is InChI=1S/C21H25N5O3/c1-12-6-8-14(9-7-12)22-19(28)15-11-16(27)23-18-17(15)20(29)25-21(24-18)26-10-4-3-5-13(26)2/h6-9,13,15H,3-5,10-11H2,1-2H3,(H,22,28)(H2,23,24,25,27,29)/t13-,15+/m0/s1. The number of hydrogen-bond donors (Lipinski definition) is 3. The van der Waals surface area contributed by atoms with Crippen LogP contribution in [0, 0.1) is 6.92 Å². The maximum absolute atomic E-state index is 12.9. The Morgan fingerprint density at radius 1 is 1.21 bits per heavy atom. The molecule has 2 aliphatic rings. The fourth-order valence-corrected chi connectivity index (χ4v) is 4.00. The molecule has 152 valence electrons. The van der Waals surface area contributed by atoms with Gasteiger partial charge in [-0.3, -0.25) is 19.4 Å². The van der Waals surface area contributed by atoms with E-state index in [2.05, 4.69) is 27.5 Å². The van der Waals surface area contributed by atoms with Crippen molar-refractivity contribution in [3.63, 3.8) is 0 Å². The SMILES string of the molecule is Cc1ccc(NC(=O)[C@@H]2CC(=O)Nc3nc(N4CCCC[C@@H]4C)[nH]c(=O)c32)cc1. The Kier molecular flexibility index (Phi) is 5.08. The molecule has 4 rings (SSSR count). The van der Waals surface area contributed by atoms with Crippen LogP contribution in [0.4, 0.5) is 17.5 Å². The fourth-order valence-electron chi connectivity index (χ4n) is 4.00. The zero-order chi connectivity index (χ0) is 20.5. The van der Waals surface area contributed by atoms with Crippen molar-refractivity contribution < 1.29 is 9.59 Å². The summed E-state index contributed by atoms with van der Waals surface area (Å²) < 4.78 is 0. The first-order chi connectivity index (χ1) is 13.9. The summed E-state index contributed by atoms with van der Waals surface area (Å²) in [6.45, 7) is 4.85. The predicted molar refractivity (Wildman–Crippen MR) is 111 cm³/mol. The molecule has 0 bridgehead atoms. The Morgan fingerprint density at radius 3 is 2.69 bits per heavy atom. The molecule has 0 unspecified atom stereocenters. The number of nitrogens with one attached hydrogen (secondary N) is 3. The smallest absolute Gasteiger partial charge is 0.258 e. The number of H-pyrrole nitrogens is 1. The molecule has 2 amide bonds. The quantitative estimate of drug-likeness (QED) is 0.740. The topological polar surface area (TPSA) is 107 Å². The van der Waals surface area contributed by atoms with Crippen molar-refractivity contribution in [1.82, 2.24) is 9.97 Å². The fraction of sp³-hybridized carbons (Fsp3) is 0.429. The van der Waals surface area contributed by atoms with Crippen LogP contribution < -0.4 is 21.1 Å². The summed E-state index contributed by atoms with van der Waals surface area (Å²) in [7, 11) is 0. The lowest BCUT2D eigenvalue weighted by Gasteiger charge is -2.34. The van der Waals surface area contributed by atoms with E-state index in [1.807, 2.05) is 24.0 Å². The van der Waals surface area contributed by atoms with E-state index in [-0.39, 0.29) is 35.3 Å². The highest BCUT2D eigenvalue weighted by Gasteiger charge is 2.35.